The van der Waals surface area contributed by atoms with E-state index in [2.05, 4.69) is 49.7 Å². The summed E-state index contributed by atoms with van der Waals surface area (Å²) < 4.78 is 2.10. The van der Waals surface area contributed by atoms with Crippen LogP contribution in [0.3, 0.4) is 0 Å². The zero-order chi connectivity index (χ0) is 13.5. The van der Waals surface area contributed by atoms with E-state index in [-0.39, 0.29) is 6.04 Å². The molecule has 1 heterocycles. The van der Waals surface area contributed by atoms with E-state index in [1.54, 1.807) is 0 Å². The van der Waals surface area contributed by atoms with Gasteiger partial charge >= 0.3 is 0 Å². The largest absolute Gasteiger partial charge is 0.327 e. The van der Waals surface area contributed by atoms with E-state index < -0.39 is 0 Å². The van der Waals surface area contributed by atoms with E-state index in [1.165, 1.54) is 6.42 Å². The van der Waals surface area contributed by atoms with Crippen molar-refractivity contribution >= 4 is 0 Å². The van der Waals surface area contributed by atoms with Crippen molar-refractivity contribution in [3.05, 3.63) is 18.0 Å². The number of nitrogens with two attached hydrogens (primary N) is 1. The molecule has 0 aromatic carbocycles. The fourth-order valence-corrected chi connectivity index (χ4v) is 2.39. The van der Waals surface area contributed by atoms with Crippen LogP contribution in [0.15, 0.2) is 12.3 Å². The van der Waals surface area contributed by atoms with Crippen molar-refractivity contribution < 1.29 is 0 Å². The maximum Gasteiger partial charge on any atom is 0.0640 e. The summed E-state index contributed by atoms with van der Waals surface area (Å²) in [6.45, 7) is 8.91. The second-order valence-electron chi connectivity index (χ2n) is 5.47. The fourth-order valence-electron chi connectivity index (χ4n) is 2.39. The Morgan fingerprint density at radius 1 is 1.22 bits per heavy atom. The summed E-state index contributed by atoms with van der Waals surface area (Å²) >= 11 is 0. The van der Waals surface area contributed by atoms with Gasteiger partial charge < -0.3 is 5.73 Å². The SMILES string of the molecule is CCC(C)CC(N)Cc1ccn(C(CC)CC)n1. The monoisotopic (exact) mass is 251 g/mol. The Morgan fingerprint density at radius 2 is 1.89 bits per heavy atom. The van der Waals surface area contributed by atoms with Gasteiger partial charge in [-0.15, -0.1) is 0 Å². The minimum atomic E-state index is 0.241. The van der Waals surface area contributed by atoms with Crippen LogP contribution in [0.1, 0.15) is 65.1 Å². The number of hydrogen-bond donors (Lipinski definition) is 1. The highest BCUT2D eigenvalue weighted by atomic mass is 15.3. The van der Waals surface area contributed by atoms with Crippen molar-refractivity contribution in [2.45, 2.75) is 71.9 Å². The summed E-state index contributed by atoms with van der Waals surface area (Å²) in [5, 5.41) is 4.66. The topological polar surface area (TPSA) is 43.8 Å². The summed E-state index contributed by atoms with van der Waals surface area (Å²) in [5.74, 6) is 0.709. The molecule has 0 fully saturated rings. The third kappa shape index (κ3) is 4.45. The summed E-state index contributed by atoms with van der Waals surface area (Å²) in [6, 6.07) is 2.89. The highest BCUT2D eigenvalue weighted by Crippen LogP contribution is 2.16. The van der Waals surface area contributed by atoms with Gasteiger partial charge in [0.25, 0.3) is 0 Å². The van der Waals surface area contributed by atoms with Crippen LogP contribution in [0.5, 0.6) is 0 Å². The Labute approximate surface area is 112 Å². The van der Waals surface area contributed by atoms with Crippen LogP contribution in [-0.4, -0.2) is 15.8 Å². The molecule has 3 nitrogen and oxygen atoms in total. The lowest BCUT2D eigenvalue weighted by Gasteiger charge is -2.15. The Bertz CT molecular complexity index is 328. The molecule has 0 bridgehead atoms. The van der Waals surface area contributed by atoms with E-state index in [1.807, 2.05) is 0 Å². The molecule has 0 spiro atoms. The molecule has 0 radical (unpaired) electrons. The van der Waals surface area contributed by atoms with Crippen LogP contribution in [0, 0.1) is 5.92 Å². The Kier molecular flexibility index (Phi) is 6.41. The lowest BCUT2D eigenvalue weighted by molar-refractivity contribution is 0.418. The highest BCUT2D eigenvalue weighted by molar-refractivity contribution is 5.02. The van der Waals surface area contributed by atoms with Crippen LogP contribution in [0.25, 0.3) is 0 Å². The predicted molar refractivity (Wildman–Crippen MR) is 77.6 cm³/mol. The second kappa shape index (κ2) is 7.57. The summed E-state index contributed by atoms with van der Waals surface area (Å²) in [7, 11) is 0. The predicted octanol–water partition coefficient (Wildman–Crippen LogP) is 3.55. The first kappa shape index (κ1) is 15.2. The van der Waals surface area contributed by atoms with Crippen molar-refractivity contribution in [3.8, 4) is 0 Å². The molecule has 2 unspecified atom stereocenters. The van der Waals surface area contributed by atoms with Gasteiger partial charge in [0.1, 0.15) is 0 Å². The zero-order valence-electron chi connectivity index (χ0n) is 12.4. The van der Waals surface area contributed by atoms with Crippen LogP contribution >= 0.6 is 0 Å². The molecule has 0 aliphatic heterocycles. The lowest BCUT2D eigenvalue weighted by atomic mass is 9.97. The van der Waals surface area contributed by atoms with Gasteiger partial charge in [-0.3, -0.25) is 4.68 Å². The summed E-state index contributed by atoms with van der Waals surface area (Å²) in [5.41, 5.74) is 7.32. The molecule has 0 aliphatic rings. The first-order valence-corrected chi connectivity index (χ1v) is 7.40. The molecular weight excluding hydrogens is 222 g/mol. The van der Waals surface area contributed by atoms with Crippen molar-refractivity contribution in [1.29, 1.82) is 0 Å². The molecule has 2 atom stereocenters. The van der Waals surface area contributed by atoms with E-state index in [4.69, 9.17) is 5.73 Å². The highest BCUT2D eigenvalue weighted by Gasteiger charge is 2.12. The Hall–Kier alpha value is -0.830. The Morgan fingerprint density at radius 3 is 2.44 bits per heavy atom. The molecule has 1 aromatic rings. The molecule has 0 amide bonds. The third-order valence-electron chi connectivity index (χ3n) is 3.85. The first-order chi connectivity index (χ1) is 8.60. The van der Waals surface area contributed by atoms with Gasteiger partial charge in [-0.2, -0.15) is 5.10 Å². The van der Waals surface area contributed by atoms with Gasteiger partial charge in [0.2, 0.25) is 0 Å². The molecular formula is C15H29N3. The summed E-state index contributed by atoms with van der Waals surface area (Å²) in [6.07, 6.45) is 7.57. The third-order valence-corrected chi connectivity index (χ3v) is 3.85. The first-order valence-electron chi connectivity index (χ1n) is 7.40. The zero-order valence-corrected chi connectivity index (χ0v) is 12.4. The van der Waals surface area contributed by atoms with E-state index in [9.17, 15) is 0 Å². The van der Waals surface area contributed by atoms with Crippen LogP contribution < -0.4 is 5.73 Å². The quantitative estimate of drug-likeness (QED) is 0.768. The number of rotatable bonds is 8. The normalized spacial score (nSPS) is 15.0. The van der Waals surface area contributed by atoms with Crippen LogP contribution in [0.2, 0.25) is 0 Å². The Balaban J connectivity index is 2.53. The molecule has 2 N–H and O–H groups in total. The number of aromatic nitrogens is 2. The van der Waals surface area contributed by atoms with Gasteiger partial charge in [0.05, 0.1) is 11.7 Å². The van der Waals surface area contributed by atoms with Crippen molar-refractivity contribution in [1.82, 2.24) is 9.78 Å². The van der Waals surface area contributed by atoms with Gasteiger partial charge in [-0.05, 0) is 31.2 Å². The van der Waals surface area contributed by atoms with Gasteiger partial charge in [0.15, 0.2) is 0 Å². The average molecular weight is 251 g/mol. The smallest absolute Gasteiger partial charge is 0.0640 e. The second-order valence-corrected chi connectivity index (χ2v) is 5.47. The van der Waals surface area contributed by atoms with Crippen molar-refractivity contribution in [2.24, 2.45) is 11.7 Å². The molecule has 1 rings (SSSR count). The minimum Gasteiger partial charge on any atom is -0.327 e. The molecule has 104 valence electrons. The van der Waals surface area contributed by atoms with E-state index in [0.29, 0.717) is 12.0 Å². The van der Waals surface area contributed by atoms with E-state index >= 15 is 0 Å². The van der Waals surface area contributed by atoms with Crippen LogP contribution in [-0.2, 0) is 6.42 Å². The van der Waals surface area contributed by atoms with Gasteiger partial charge in [-0.1, -0.05) is 34.1 Å². The van der Waals surface area contributed by atoms with Gasteiger partial charge in [-0.25, -0.2) is 0 Å². The molecule has 3 heteroatoms. The maximum atomic E-state index is 6.18. The molecule has 1 aromatic heterocycles. The average Bonchev–Trinajstić information content (AvgIpc) is 2.78. The number of nitrogens with zero attached hydrogens (tertiary/aromatic N) is 2. The molecule has 18 heavy (non-hydrogen) atoms. The number of hydrogen-bond acceptors (Lipinski definition) is 2. The summed E-state index contributed by atoms with van der Waals surface area (Å²) in [4.78, 5) is 0. The standard InChI is InChI=1S/C15H29N3/c1-5-12(4)10-13(16)11-14-8-9-18(17-14)15(6-2)7-3/h8-9,12-13,15H,5-7,10-11,16H2,1-4H3. The van der Waals surface area contributed by atoms with Gasteiger partial charge in [0, 0.05) is 18.7 Å². The van der Waals surface area contributed by atoms with Crippen LogP contribution in [0.4, 0.5) is 0 Å². The maximum absolute atomic E-state index is 6.18. The van der Waals surface area contributed by atoms with E-state index in [0.717, 1.165) is 31.4 Å². The van der Waals surface area contributed by atoms with Crippen molar-refractivity contribution in [3.63, 3.8) is 0 Å². The fraction of sp³-hybridized carbons (Fsp3) is 0.800. The minimum absolute atomic E-state index is 0.241. The molecule has 0 aliphatic carbocycles. The van der Waals surface area contributed by atoms with Crippen molar-refractivity contribution in [2.75, 3.05) is 0 Å². The molecule has 0 saturated carbocycles. The molecule has 0 saturated heterocycles. The lowest BCUT2D eigenvalue weighted by Crippen LogP contribution is -2.25.